The lowest BCUT2D eigenvalue weighted by atomic mass is 9.91. The van der Waals surface area contributed by atoms with Gasteiger partial charge in [0.2, 0.25) is 0 Å². The Morgan fingerprint density at radius 2 is 1.79 bits per heavy atom. The van der Waals surface area contributed by atoms with E-state index in [9.17, 15) is 4.79 Å². The molecule has 3 heterocycles. The van der Waals surface area contributed by atoms with Gasteiger partial charge in [-0.3, -0.25) is 9.78 Å². The maximum atomic E-state index is 12.4. The largest absolute Gasteiger partial charge is 0.366 e. The van der Waals surface area contributed by atoms with Crippen molar-refractivity contribution in [2.24, 2.45) is 0 Å². The van der Waals surface area contributed by atoms with Crippen molar-refractivity contribution in [3.8, 4) is 5.82 Å². The number of hydrogen-bond acceptors (Lipinski definition) is 6. The normalized spacial score (nSPS) is 19.5. The van der Waals surface area contributed by atoms with Crippen LogP contribution in [-0.4, -0.2) is 35.6 Å². The van der Waals surface area contributed by atoms with Gasteiger partial charge in [0.25, 0.3) is 5.56 Å². The molecule has 1 fully saturated rings. The predicted molar refractivity (Wildman–Crippen MR) is 107 cm³/mol. The second-order valence-corrected chi connectivity index (χ2v) is 7.51. The quantitative estimate of drug-likeness (QED) is 0.750. The number of rotatable bonds is 4. The van der Waals surface area contributed by atoms with Crippen molar-refractivity contribution in [1.82, 2.24) is 29.5 Å². The summed E-state index contributed by atoms with van der Waals surface area (Å²) < 4.78 is 3.42. The number of hydrogen-bond donors (Lipinski definition) is 1. The molecule has 0 atom stereocenters. The second kappa shape index (κ2) is 7.53. The number of aromatic nitrogens is 6. The average molecular weight is 379 g/mol. The van der Waals surface area contributed by atoms with Crippen LogP contribution >= 0.6 is 0 Å². The standard InChI is InChI=1S/C20H25N7O/c1-13-10-15(3)26(24-13)19-8-9-20(28)27(25-19)17-6-4-16(5-7-17)23-18-12-21-11-14(2)22-18/h8-12,16-17H,4-7H2,1-3H3,(H,22,23). The number of anilines is 1. The summed E-state index contributed by atoms with van der Waals surface area (Å²) in [6.07, 6.45) is 7.20. The zero-order valence-electron chi connectivity index (χ0n) is 16.5. The molecule has 0 bridgehead atoms. The third-order valence-electron chi connectivity index (χ3n) is 5.19. The summed E-state index contributed by atoms with van der Waals surface area (Å²) in [5.74, 6) is 1.49. The molecule has 4 rings (SSSR count). The minimum Gasteiger partial charge on any atom is -0.366 e. The van der Waals surface area contributed by atoms with Gasteiger partial charge >= 0.3 is 0 Å². The van der Waals surface area contributed by atoms with Crippen LogP contribution in [0.2, 0.25) is 0 Å². The van der Waals surface area contributed by atoms with Gasteiger partial charge in [-0.25, -0.2) is 14.3 Å². The Morgan fingerprint density at radius 1 is 1.00 bits per heavy atom. The SMILES string of the molecule is Cc1cncc(NC2CCC(n3nc(-n4nc(C)cc4C)ccc3=O)CC2)n1. The highest BCUT2D eigenvalue weighted by Crippen LogP contribution is 2.28. The molecule has 3 aromatic heterocycles. The van der Waals surface area contributed by atoms with Gasteiger partial charge in [0.15, 0.2) is 5.82 Å². The third kappa shape index (κ3) is 3.81. The molecule has 1 saturated carbocycles. The molecular formula is C20H25N7O. The zero-order valence-corrected chi connectivity index (χ0v) is 16.5. The molecule has 146 valence electrons. The van der Waals surface area contributed by atoms with E-state index in [2.05, 4.69) is 25.5 Å². The molecule has 0 amide bonds. The van der Waals surface area contributed by atoms with Crippen LogP contribution < -0.4 is 10.9 Å². The third-order valence-corrected chi connectivity index (χ3v) is 5.19. The van der Waals surface area contributed by atoms with Crippen LogP contribution in [0.3, 0.4) is 0 Å². The van der Waals surface area contributed by atoms with Gasteiger partial charge in [0.05, 0.1) is 23.6 Å². The molecule has 0 spiro atoms. The second-order valence-electron chi connectivity index (χ2n) is 7.51. The van der Waals surface area contributed by atoms with Crippen molar-refractivity contribution in [3.05, 3.63) is 58.0 Å². The first-order valence-electron chi connectivity index (χ1n) is 9.68. The van der Waals surface area contributed by atoms with Gasteiger partial charge in [-0.2, -0.15) is 5.10 Å². The number of nitrogens with zero attached hydrogens (tertiary/aromatic N) is 6. The molecular weight excluding hydrogens is 354 g/mol. The minimum atomic E-state index is -0.0637. The summed E-state index contributed by atoms with van der Waals surface area (Å²) in [7, 11) is 0. The molecule has 0 radical (unpaired) electrons. The lowest BCUT2D eigenvalue weighted by molar-refractivity contribution is 0.302. The van der Waals surface area contributed by atoms with Crippen LogP contribution in [0.5, 0.6) is 0 Å². The Morgan fingerprint density at radius 3 is 2.46 bits per heavy atom. The summed E-state index contributed by atoms with van der Waals surface area (Å²) >= 11 is 0. The highest BCUT2D eigenvalue weighted by Gasteiger charge is 2.24. The first-order chi connectivity index (χ1) is 13.5. The van der Waals surface area contributed by atoms with Crippen molar-refractivity contribution in [2.75, 3.05) is 5.32 Å². The van der Waals surface area contributed by atoms with E-state index in [4.69, 9.17) is 0 Å². The number of nitrogens with one attached hydrogen (secondary N) is 1. The van der Waals surface area contributed by atoms with Crippen LogP contribution in [0.1, 0.15) is 48.8 Å². The van der Waals surface area contributed by atoms with Crippen molar-refractivity contribution in [3.63, 3.8) is 0 Å². The first kappa shape index (κ1) is 18.3. The molecule has 0 aromatic carbocycles. The summed E-state index contributed by atoms with van der Waals surface area (Å²) in [6, 6.07) is 5.77. The minimum absolute atomic E-state index is 0.0637. The lowest BCUT2D eigenvalue weighted by Gasteiger charge is -2.29. The molecule has 1 aliphatic rings. The van der Waals surface area contributed by atoms with Gasteiger partial charge in [-0.05, 0) is 58.6 Å². The van der Waals surface area contributed by atoms with Gasteiger partial charge in [-0.1, -0.05) is 0 Å². The Bertz CT molecular complexity index is 1030. The monoisotopic (exact) mass is 379 g/mol. The maximum Gasteiger partial charge on any atom is 0.267 e. The van der Waals surface area contributed by atoms with Gasteiger partial charge in [0.1, 0.15) is 5.82 Å². The van der Waals surface area contributed by atoms with E-state index in [-0.39, 0.29) is 11.6 Å². The Balaban J connectivity index is 1.48. The molecule has 3 aromatic rings. The Kier molecular flexibility index (Phi) is 4.93. The zero-order chi connectivity index (χ0) is 19.7. The molecule has 0 saturated heterocycles. The van der Waals surface area contributed by atoms with E-state index in [1.807, 2.05) is 26.8 Å². The fraction of sp³-hybridized carbons (Fsp3) is 0.450. The molecule has 0 aliphatic heterocycles. The Hall–Kier alpha value is -3.03. The van der Waals surface area contributed by atoms with E-state index in [0.29, 0.717) is 11.9 Å². The number of aryl methyl sites for hydroxylation is 3. The summed E-state index contributed by atoms with van der Waals surface area (Å²) in [5.41, 5.74) is 2.77. The lowest BCUT2D eigenvalue weighted by Crippen LogP contribution is -2.33. The predicted octanol–water partition coefficient (Wildman–Crippen LogP) is 2.74. The summed E-state index contributed by atoms with van der Waals surface area (Å²) in [6.45, 7) is 5.87. The summed E-state index contributed by atoms with van der Waals surface area (Å²) in [5, 5.41) is 12.6. The molecule has 1 aliphatic carbocycles. The highest BCUT2D eigenvalue weighted by molar-refractivity contribution is 5.33. The maximum absolute atomic E-state index is 12.4. The Labute approximate surface area is 163 Å². The van der Waals surface area contributed by atoms with Crippen molar-refractivity contribution >= 4 is 5.82 Å². The van der Waals surface area contributed by atoms with E-state index in [1.165, 1.54) is 0 Å². The van der Waals surface area contributed by atoms with Crippen LogP contribution in [0, 0.1) is 20.8 Å². The fourth-order valence-electron chi connectivity index (χ4n) is 3.86. The molecule has 8 nitrogen and oxygen atoms in total. The molecule has 0 unspecified atom stereocenters. The fourth-order valence-corrected chi connectivity index (χ4v) is 3.86. The highest BCUT2D eigenvalue weighted by atomic mass is 16.1. The average Bonchev–Trinajstić information content (AvgIpc) is 3.01. The molecule has 28 heavy (non-hydrogen) atoms. The summed E-state index contributed by atoms with van der Waals surface area (Å²) in [4.78, 5) is 21.1. The van der Waals surface area contributed by atoms with Gasteiger partial charge < -0.3 is 5.32 Å². The van der Waals surface area contributed by atoms with Gasteiger partial charge in [0, 0.05) is 24.0 Å². The van der Waals surface area contributed by atoms with Gasteiger partial charge in [-0.15, -0.1) is 5.10 Å². The topological polar surface area (TPSA) is 90.5 Å². The smallest absolute Gasteiger partial charge is 0.267 e. The molecule has 1 N–H and O–H groups in total. The van der Waals surface area contributed by atoms with Crippen molar-refractivity contribution in [2.45, 2.75) is 58.5 Å². The van der Waals surface area contributed by atoms with Crippen molar-refractivity contribution in [1.29, 1.82) is 0 Å². The van der Waals surface area contributed by atoms with Crippen LogP contribution in [0.4, 0.5) is 5.82 Å². The van der Waals surface area contributed by atoms with Crippen LogP contribution in [0.25, 0.3) is 5.82 Å². The van der Waals surface area contributed by atoms with Crippen LogP contribution in [-0.2, 0) is 0 Å². The van der Waals surface area contributed by atoms with E-state index in [1.54, 1.807) is 33.9 Å². The van der Waals surface area contributed by atoms with Crippen LogP contribution in [0.15, 0.2) is 35.4 Å². The van der Waals surface area contributed by atoms with E-state index in [0.717, 1.165) is 48.6 Å². The molecule has 8 heteroatoms. The van der Waals surface area contributed by atoms with E-state index < -0.39 is 0 Å². The van der Waals surface area contributed by atoms with Crippen molar-refractivity contribution < 1.29 is 0 Å². The first-order valence-corrected chi connectivity index (χ1v) is 9.68. The van der Waals surface area contributed by atoms with E-state index >= 15 is 0 Å².